The molecule has 0 fully saturated rings. The van der Waals surface area contributed by atoms with Crippen molar-refractivity contribution < 1.29 is 4.74 Å². The van der Waals surface area contributed by atoms with Crippen LogP contribution in [0.5, 0.6) is 0 Å². The predicted octanol–water partition coefficient (Wildman–Crippen LogP) is 5.10. The summed E-state index contributed by atoms with van der Waals surface area (Å²) in [4.78, 5) is 3.33. The Morgan fingerprint density at radius 2 is 1.59 bits per heavy atom. The van der Waals surface area contributed by atoms with E-state index in [4.69, 9.17) is 4.74 Å². The van der Waals surface area contributed by atoms with Gasteiger partial charge in [0.25, 0.3) is 0 Å². The van der Waals surface area contributed by atoms with E-state index in [1.807, 2.05) is 11.8 Å². The van der Waals surface area contributed by atoms with E-state index in [9.17, 15) is 0 Å². The summed E-state index contributed by atoms with van der Waals surface area (Å²) in [5.74, 6) is 1.98. The van der Waals surface area contributed by atoms with Crippen LogP contribution in [-0.2, 0) is 4.74 Å². The van der Waals surface area contributed by atoms with Crippen LogP contribution in [0.3, 0.4) is 0 Å². The van der Waals surface area contributed by atoms with E-state index in [0.29, 0.717) is 0 Å². The molecule has 2 aromatic carbocycles. The molecule has 2 aromatic rings. The number of nitrogens with zero attached hydrogens (tertiary/aromatic N) is 1. The molecule has 0 saturated carbocycles. The Morgan fingerprint density at radius 3 is 2.23 bits per heavy atom. The molecule has 0 bridgehead atoms. The molecule has 0 N–H and O–H groups in total. The monoisotopic (exact) mass is 375 g/mol. The van der Waals surface area contributed by atoms with Crippen LogP contribution in [0.2, 0.25) is 0 Å². The van der Waals surface area contributed by atoms with Gasteiger partial charge in [-0.2, -0.15) is 0 Å². The van der Waals surface area contributed by atoms with Crippen molar-refractivity contribution in [2.24, 2.45) is 0 Å². The van der Waals surface area contributed by atoms with E-state index < -0.39 is 0 Å². The molecule has 0 atom stereocenters. The minimum atomic E-state index is 0.759. The van der Waals surface area contributed by atoms with E-state index in [2.05, 4.69) is 83.5 Å². The van der Waals surface area contributed by atoms with Crippen LogP contribution in [-0.4, -0.2) is 26.5 Å². The van der Waals surface area contributed by atoms with Gasteiger partial charge in [0.2, 0.25) is 0 Å². The van der Waals surface area contributed by atoms with Crippen molar-refractivity contribution in [3.05, 3.63) is 64.1 Å². The fourth-order valence-corrected chi connectivity index (χ4v) is 3.61. The number of ether oxygens (including phenoxy) is 1. The summed E-state index contributed by atoms with van der Waals surface area (Å²) in [6, 6.07) is 16.9. The van der Waals surface area contributed by atoms with Gasteiger partial charge in [-0.25, -0.2) is 0 Å². The van der Waals surface area contributed by atoms with Gasteiger partial charge in [0, 0.05) is 35.6 Å². The zero-order valence-corrected chi connectivity index (χ0v) is 15.1. The normalized spacial score (nSPS) is 14.7. The molecular weight excluding hydrogens is 358 g/mol. The highest BCUT2D eigenvalue weighted by molar-refractivity contribution is 9.10. The van der Waals surface area contributed by atoms with Crippen LogP contribution in [0.4, 0.5) is 5.69 Å². The minimum Gasteiger partial charge on any atom is -0.491 e. The van der Waals surface area contributed by atoms with Crippen molar-refractivity contribution in [2.75, 3.05) is 31.4 Å². The molecular formula is C18H18BrNOS. The third kappa shape index (κ3) is 3.33. The lowest BCUT2D eigenvalue weighted by Gasteiger charge is -2.22. The number of hydrogen-bond donors (Lipinski definition) is 0. The molecule has 0 spiro atoms. The molecule has 1 aliphatic rings. The van der Waals surface area contributed by atoms with E-state index in [0.717, 1.165) is 28.2 Å². The maximum atomic E-state index is 5.98. The Bertz CT molecular complexity index is 677. The number of anilines is 1. The SMILES string of the molecule is CN(C)c1ccc(C2=C(c3ccc(Br)cc3)OCCS2)cc1. The first kappa shape index (κ1) is 15.5. The van der Waals surface area contributed by atoms with Crippen LogP contribution in [0.25, 0.3) is 10.7 Å². The average molecular weight is 376 g/mol. The van der Waals surface area contributed by atoms with Gasteiger partial charge < -0.3 is 9.64 Å². The van der Waals surface area contributed by atoms with Gasteiger partial charge in [0.15, 0.2) is 0 Å². The largest absolute Gasteiger partial charge is 0.491 e. The van der Waals surface area contributed by atoms with Crippen molar-refractivity contribution in [3.63, 3.8) is 0 Å². The molecule has 0 aromatic heterocycles. The van der Waals surface area contributed by atoms with E-state index >= 15 is 0 Å². The Hall–Kier alpha value is -1.39. The lowest BCUT2D eigenvalue weighted by Crippen LogP contribution is -2.09. The second-order valence-corrected chi connectivity index (χ2v) is 7.32. The zero-order valence-electron chi connectivity index (χ0n) is 12.7. The average Bonchev–Trinajstić information content (AvgIpc) is 2.56. The Labute approximate surface area is 144 Å². The quantitative estimate of drug-likeness (QED) is 0.739. The first-order valence-electron chi connectivity index (χ1n) is 7.19. The fraction of sp³-hybridized carbons (Fsp3) is 0.222. The third-order valence-electron chi connectivity index (χ3n) is 3.53. The van der Waals surface area contributed by atoms with Gasteiger partial charge in [-0.05, 0) is 29.8 Å². The minimum absolute atomic E-state index is 0.759. The Morgan fingerprint density at radius 1 is 0.955 bits per heavy atom. The van der Waals surface area contributed by atoms with Gasteiger partial charge in [-0.15, -0.1) is 11.8 Å². The lowest BCUT2D eigenvalue weighted by atomic mass is 10.1. The molecule has 22 heavy (non-hydrogen) atoms. The molecule has 0 amide bonds. The van der Waals surface area contributed by atoms with E-state index in [1.165, 1.54) is 16.2 Å². The molecule has 0 aliphatic carbocycles. The van der Waals surface area contributed by atoms with Gasteiger partial charge in [-0.1, -0.05) is 40.2 Å². The fourth-order valence-electron chi connectivity index (χ4n) is 2.36. The van der Waals surface area contributed by atoms with Gasteiger partial charge in [-0.3, -0.25) is 0 Å². The molecule has 1 heterocycles. The molecule has 114 valence electrons. The standard InChI is InChI=1S/C18H18BrNOS/c1-20(2)16-9-5-14(6-10-16)18-17(21-11-12-22-18)13-3-7-15(19)8-4-13/h3-10H,11-12H2,1-2H3. The van der Waals surface area contributed by atoms with Crippen molar-refractivity contribution in [2.45, 2.75) is 0 Å². The number of thioether (sulfide) groups is 1. The van der Waals surface area contributed by atoms with Crippen LogP contribution in [0.15, 0.2) is 53.0 Å². The van der Waals surface area contributed by atoms with Crippen molar-refractivity contribution in [1.82, 2.24) is 0 Å². The molecule has 0 saturated heterocycles. The molecule has 3 rings (SSSR count). The smallest absolute Gasteiger partial charge is 0.140 e. The van der Waals surface area contributed by atoms with Gasteiger partial charge >= 0.3 is 0 Å². The van der Waals surface area contributed by atoms with Crippen LogP contribution in [0.1, 0.15) is 11.1 Å². The number of rotatable bonds is 3. The number of halogens is 1. The summed E-state index contributed by atoms with van der Waals surface area (Å²) in [5, 5.41) is 0. The molecule has 2 nitrogen and oxygen atoms in total. The first-order chi connectivity index (χ1) is 10.6. The molecule has 0 radical (unpaired) electrons. The summed E-state index contributed by atoms with van der Waals surface area (Å²) in [6.07, 6.45) is 0. The first-order valence-corrected chi connectivity index (χ1v) is 8.96. The van der Waals surface area contributed by atoms with Crippen molar-refractivity contribution in [3.8, 4) is 0 Å². The topological polar surface area (TPSA) is 12.5 Å². The highest BCUT2D eigenvalue weighted by Gasteiger charge is 2.18. The van der Waals surface area contributed by atoms with Crippen LogP contribution < -0.4 is 4.90 Å². The summed E-state index contributed by atoms with van der Waals surface area (Å²) in [5.41, 5.74) is 3.55. The second-order valence-electron chi connectivity index (χ2n) is 5.30. The van der Waals surface area contributed by atoms with Crippen LogP contribution in [0, 0.1) is 0 Å². The highest BCUT2D eigenvalue weighted by atomic mass is 79.9. The van der Waals surface area contributed by atoms with Gasteiger partial charge in [0.1, 0.15) is 5.76 Å². The molecule has 1 aliphatic heterocycles. The van der Waals surface area contributed by atoms with Crippen molar-refractivity contribution >= 4 is 44.0 Å². The molecule has 0 unspecified atom stereocenters. The highest BCUT2D eigenvalue weighted by Crippen LogP contribution is 2.39. The summed E-state index contributed by atoms with van der Waals surface area (Å²) >= 11 is 5.35. The van der Waals surface area contributed by atoms with Crippen molar-refractivity contribution in [1.29, 1.82) is 0 Å². The summed E-state index contributed by atoms with van der Waals surface area (Å²) in [6.45, 7) is 0.759. The number of benzene rings is 2. The second kappa shape index (κ2) is 6.80. The van der Waals surface area contributed by atoms with Crippen LogP contribution >= 0.6 is 27.7 Å². The maximum absolute atomic E-state index is 5.98. The van der Waals surface area contributed by atoms with Gasteiger partial charge in [0.05, 0.1) is 11.5 Å². The lowest BCUT2D eigenvalue weighted by molar-refractivity contribution is 0.301. The predicted molar refractivity (Wildman–Crippen MR) is 100 cm³/mol. The number of hydrogen-bond acceptors (Lipinski definition) is 3. The summed E-state index contributed by atoms with van der Waals surface area (Å²) in [7, 11) is 4.11. The maximum Gasteiger partial charge on any atom is 0.140 e. The zero-order chi connectivity index (χ0) is 15.5. The molecule has 4 heteroatoms. The summed E-state index contributed by atoms with van der Waals surface area (Å²) < 4.78 is 7.06. The Kier molecular flexibility index (Phi) is 4.79. The van der Waals surface area contributed by atoms with E-state index in [1.54, 1.807) is 0 Å². The van der Waals surface area contributed by atoms with E-state index in [-0.39, 0.29) is 0 Å². The third-order valence-corrected chi connectivity index (χ3v) is 5.14. The Balaban J connectivity index is 2.01.